The largest absolute Gasteiger partial charge is 0.384 e. The molecule has 0 amide bonds. The van der Waals surface area contributed by atoms with Gasteiger partial charge in [-0.05, 0) is 55.4 Å². The summed E-state index contributed by atoms with van der Waals surface area (Å²) in [4.78, 5) is 14.3. The van der Waals surface area contributed by atoms with Crippen molar-refractivity contribution in [1.29, 1.82) is 5.26 Å². The minimum Gasteiger partial charge on any atom is -0.384 e. The normalized spacial score (nSPS) is 10.8. The Bertz CT molecular complexity index is 1310. The van der Waals surface area contributed by atoms with Crippen LogP contribution in [0, 0.1) is 11.3 Å². The fourth-order valence-electron chi connectivity index (χ4n) is 3.81. The van der Waals surface area contributed by atoms with Crippen molar-refractivity contribution < 1.29 is 0 Å². The zero-order valence-corrected chi connectivity index (χ0v) is 20.7. The first kappa shape index (κ1) is 24.3. The lowest BCUT2D eigenvalue weighted by molar-refractivity contribution is 0.739. The number of nitrogens with one attached hydrogen (secondary N) is 4. The predicted molar refractivity (Wildman–Crippen MR) is 144 cm³/mol. The molecular formula is C26H29ClN8. The number of aromatic amines is 1. The second-order valence-corrected chi connectivity index (χ2v) is 8.45. The quantitative estimate of drug-likeness (QED) is 0.198. The highest BCUT2D eigenvalue weighted by atomic mass is 35.5. The number of nitrogens with zero attached hydrogens (tertiary/aromatic N) is 4. The van der Waals surface area contributed by atoms with E-state index in [1.807, 2.05) is 47.4 Å². The molecule has 0 saturated carbocycles. The summed E-state index contributed by atoms with van der Waals surface area (Å²) >= 11 is 6.35. The molecule has 0 spiro atoms. The molecule has 0 aliphatic heterocycles. The van der Waals surface area contributed by atoms with E-state index in [0.717, 1.165) is 54.0 Å². The molecule has 2 aromatic heterocycles. The fourth-order valence-corrected chi connectivity index (χ4v) is 4.02. The minimum absolute atomic E-state index is 0.407. The summed E-state index contributed by atoms with van der Waals surface area (Å²) in [5, 5.41) is 21.3. The molecule has 0 fully saturated rings. The maximum Gasteiger partial charge on any atom is 0.229 e. The van der Waals surface area contributed by atoms with Gasteiger partial charge in [0.2, 0.25) is 5.95 Å². The van der Waals surface area contributed by atoms with Crippen molar-refractivity contribution in [3.63, 3.8) is 0 Å². The van der Waals surface area contributed by atoms with Crippen LogP contribution in [-0.2, 0) is 0 Å². The third-order valence-electron chi connectivity index (χ3n) is 5.54. The van der Waals surface area contributed by atoms with Crippen molar-refractivity contribution >= 4 is 51.3 Å². The van der Waals surface area contributed by atoms with Crippen molar-refractivity contribution in [2.75, 3.05) is 41.7 Å². The molecule has 2 heterocycles. The molecule has 9 heteroatoms. The van der Waals surface area contributed by atoms with Crippen LogP contribution in [0.5, 0.6) is 0 Å². The number of aromatic nitrogens is 3. The molecule has 0 unspecified atom stereocenters. The summed E-state index contributed by atoms with van der Waals surface area (Å²) in [5.41, 5.74) is 4.18. The smallest absolute Gasteiger partial charge is 0.229 e. The molecule has 4 N–H and O–H groups in total. The first-order valence-electron chi connectivity index (χ1n) is 11.8. The molecule has 0 saturated heterocycles. The molecule has 35 heavy (non-hydrogen) atoms. The number of hydrogen-bond acceptors (Lipinski definition) is 7. The van der Waals surface area contributed by atoms with Gasteiger partial charge >= 0.3 is 0 Å². The van der Waals surface area contributed by atoms with E-state index in [1.54, 1.807) is 12.4 Å². The molecule has 0 radical (unpaired) electrons. The standard InChI is InChI=1S/C26H29ClN8/c1-3-13-35(21-9-10-24-22(14-21)23(27)17-31-24)25-18(15-28)16-32-26(34-25)33-20-7-5-19(6-8-20)30-12-11-29-4-2/h5-10,14,16-17,29-31H,3-4,11-13H2,1-2H3,(H,32,33,34). The maximum absolute atomic E-state index is 9.77. The molecule has 8 nitrogen and oxygen atoms in total. The molecule has 180 valence electrons. The van der Waals surface area contributed by atoms with Crippen LogP contribution in [0.4, 0.5) is 28.8 Å². The van der Waals surface area contributed by atoms with Crippen molar-refractivity contribution in [2.24, 2.45) is 0 Å². The van der Waals surface area contributed by atoms with Crippen LogP contribution in [0.25, 0.3) is 10.9 Å². The van der Waals surface area contributed by atoms with E-state index in [-0.39, 0.29) is 0 Å². The van der Waals surface area contributed by atoms with Gasteiger partial charge in [0.1, 0.15) is 11.6 Å². The summed E-state index contributed by atoms with van der Waals surface area (Å²) in [6, 6.07) is 16.2. The van der Waals surface area contributed by atoms with Crippen LogP contribution in [0.2, 0.25) is 5.02 Å². The van der Waals surface area contributed by atoms with E-state index in [9.17, 15) is 5.26 Å². The van der Waals surface area contributed by atoms with Crippen LogP contribution in [0.15, 0.2) is 54.9 Å². The zero-order valence-electron chi connectivity index (χ0n) is 19.9. The Labute approximate surface area is 210 Å². The average Bonchev–Trinajstić information content (AvgIpc) is 3.26. The predicted octanol–water partition coefficient (Wildman–Crippen LogP) is 5.80. The number of hydrogen-bond donors (Lipinski definition) is 4. The van der Waals surface area contributed by atoms with E-state index >= 15 is 0 Å². The Hall–Kier alpha value is -3.80. The lowest BCUT2D eigenvalue weighted by Crippen LogP contribution is -2.21. The van der Waals surface area contributed by atoms with Crippen LogP contribution < -0.4 is 20.9 Å². The summed E-state index contributed by atoms with van der Waals surface area (Å²) in [6.45, 7) is 7.60. The number of fused-ring (bicyclic) bond motifs is 1. The number of H-pyrrole nitrogens is 1. The summed E-state index contributed by atoms with van der Waals surface area (Å²) in [7, 11) is 0. The van der Waals surface area contributed by atoms with Crippen molar-refractivity contribution in [3.8, 4) is 6.07 Å². The van der Waals surface area contributed by atoms with Crippen LogP contribution >= 0.6 is 11.6 Å². The second kappa shape index (κ2) is 11.6. The molecule has 0 bridgehead atoms. The monoisotopic (exact) mass is 488 g/mol. The molecule has 2 aromatic carbocycles. The lowest BCUT2D eigenvalue weighted by Gasteiger charge is -2.24. The Morgan fingerprint density at radius 3 is 2.63 bits per heavy atom. The summed E-state index contributed by atoms with van der Waals surface area (Å²) in [6.07, 6.45) is 4.21. The first-order valence-corrected chi connectivity index (χ1v) is 12.1. The molecule has 0 atom stereocenters. The Morgan fingerprint density at radius 1 is 1.09 bits per heavy atom. The van der Waals surface area contributed by atoms with E-state index < -0.39 is 0 Å². The Morgan fingerprint density at radius 2 is 1.89 bits per heavy atom. The number of benzene rings is 2. The average molecular weight is 489 g/mol. The van der Waals surface area contributed by atoms with Crippen molar-refractivity contribution in [1.82, 2.24) is 20.3 Å². The second-order valence-electron chi connectivity index (χ2n) is 8.04. The van der Waals surface area contributed by atoms with E-state index in [0.29, 0.717) is 28.9 Å². The molecular weight excluding hydrogens is 460 g/mol. The highest BCUT2D eigenvalue weighted by Gasteiger charge is 2.18. The number of anilines is 5. The summed E-state index contributed by atoms with van der Waals surface area (Å²) < 4.78 is 0. The van der Waals surface area contributed by atoms with Crippen LogP contribution in [-0.4, -0.2) is 41.1 Å². The SMILES string of the molecule is CCCN(c1ccc2[nH]cc(Cl)c2c1)c1nc(Nc2ccc(NCCNCC)cc2)ncc1C#N. The third kappa shape index (κ3) is 5.83. The van der Waals surface area contributed by atoms with Gasteiger partial charge < -0.3 is 25.8 Å². The fraction of sp³-hybridized carbons (Fsp3) is 0.269. The van der Waals surface area contributed by atoms with Gasteiger partial charge in [-0.25, -0.2) is 4.98 Å². The number of halogens is 1. The number of likely N-dealkylation sites (N-methyl/N-ethyl adjacent to an activating group) is 1. The summed E-state index contributed by atoms with van der Waals surface area (Å²) in [5.74, 6) is 0.980. The van der Waals surface area contributed by atoms with Gasteiger partial charge in [-0.15, -0.1) is 0 Å². The van der Waals surface area contributed by atoms with E-state index in [1.165, 1.54) is 0 Å². The van der Waals surface area contributed by atoms with Crippen molar-refractivity contribution in [3.05, 3.63) is 65.4 Å². The number of nitriles is 1. The Kier molecular flexibility index (Phi) is 8.03. The molecule has 4 aromatic rings. The highest BCUT2D eigenvalue weighted by Crippen LogP contribution is 2.33. The van der Waals surface area contributed by atoms with E-state index in [2.05, 4.69) is 45.8 Å². The van der Waals surface area contributed by atoms with Gasteiger partial charge in [-0.2, -0.15) is 10.2 Å². The molecule has 0 aliphatic carbocycles. The van der Waals surface area contributed by atoms with Crippen LogP contribution in [0.1, 0.15) is 25.8 Å². The van der Waals surface area contributed by atoms with Gasteiger partial charge in [0.05, 0.1) is 11.2 Å². The van der Waals surface area contributed by atoms with Crippen molar-refractivity contribution in [2.45, 2.75) is 20.3 Å². The van der Waals surface area contributed by atoms with Crippen LogP contribution in [0.3, 0.4) is 0 Å². The van der Waals surface area contributed by atoms with Gasteiger partial charge in [0.25, 0.3) is 0 Å². The maximum atomic E-state index is 9.77. The lowest BCUT2D eigenvalue weighted by atomic mass is 10.2. The minimum atomic E-state index is 0.407. The van der Waals surface area contributed by atoms with Gasteiger partial charge in [0.15, 0.2) is 5.82 Å². The number of rotatable bonds is 11. The van der Waals surface area contributed by atoms with Gasteiger partial charge in [-0.1, -0.05) is 25.4 Å². The molecule has 0 aliphatic rings. The van der Waals surface area contributed by atoms with Gasteiger partial charge in [-0.3, -0.25) is 0 Å². The topological polar surface area (TPSA) is 105 Å². The third-order valence-corrected chi connectivity index (χ3v) is 5.85. The van der Waals surface area contributed by atoms with E-state index in [4.69, 9.17) is 16.6 Å². The zero-order chi connectivity index (χ0) is 24.6. The molecule has 4 rings (SSSR count). The Balaban J connectivity index is 1.58. The van der Waals surface area contributed by atoms with Gasteiger partial charge in [0, 0.05) is 53.8 Å². The first-order chi connectivity index (χ1) is 17.1. The highest BCUT2D eigenvalue weighted by molar-refractivity contribution is 6.35.